The third-order valence-corrected chi connectivity index (χ3v) is 4.25. The zero-order chi connectivity index (χ0) is 16.7. The topological polar surface area (TPSA) is 48.0 Å². The molecular weight excluding hydrogens is 298 g/mol. The van der Waals surface area contributed by atoms with E-state index in [1.54, 1.807) is 6.20 Å². The first-order chi connectivity index (χ1) is 11.6. The number of nitrogens with zero attached hydrogens (tertiary/aromatic N) is 5. The van der Waals surface area contributed by atoms with E-state index in [1.165, 1.54) is 11.3 Å². The van der Waals surface area contributed by atoms with Gasteiger partial charge in [0, 0.05) is 23.7 Å². The second kappa shape index (κ2) is 5.60. The zero-order valence-corrected chi connectivity index (χ0v) is 14.1. The third kappa shape index (κ3) is 2.48. The lowest BCUT2D eigenvalue weighted by Gasteiger charge is -2.06. The Bertz CT molecular complexity index is 1010. The number of aryl methyl sites for hydroxylation is 3. The van der Waals surface area contributed by atoms with Gasteiger partial charge < -0.3 is 0 Å². The highest BCUT2D eigenvalue weighted by Gasteiger charge is 2.12. The molecule has 1 aromatic carbocycles. The molecule has 24 heavy (non-hydrogen) atoms. The van der Waals surface area contributed by atoms with Crippen molar-refractivity contribution in [1.29, 1.82) is 0 Å². The van der Waals surface area contributed by atoms with E-state index in [4.69, 9.17) is 0 Å². The number of benzene rings is 1. The standard InChI is InChI=1S/C19H19N5/c1-13-11-14(2)24(21-13)12-16-5-7-17(8-6-16)18-15(3)22-23-10-4-9-20-19(18)23/h4-11H,12H2,1-3H3. The largest absolute Gasteiger partial charge is 0.265 e. The summed E-state index contributed by atoms with van der Waals surface area (Å²) in [5.74, 6) is 0. The Hall–Kier alpha value is -2.95. The Kier molecular flexibility index (Phi) is 3.41. The highest BCUT2D eigenvalue weighted by molar-refractivity contribution is 5.79. The summed E-state index contributed by atoms with van der Waals surface area (Å²) in [6.45, 7) is 6.91. The molecule has 3 heterocycles. The van der Waals surface area contributed by atoms with E-state index in [0.717, 1.165) is 34.7 Å². The van der Waals surface area contributed by atoms with E-state index >= 15 is 0 Å². The summed E-state index contributed by atoms with van der Waals surface area (Å²) in [5.41, 5.74) is 7.57. The molecule has 0 unspecified atom stereocenters. The number of rotatable bonds is 3. The van der Waals surface area contributed by atoms with Crippen molar-refractivity contribution in [2.75, 3.05) is 0 Å². The van der Waals surface area contributed by atoms with E-state index in [0.29, 0.717) is 0 Å². The van der Waals surface area contributed by atoms with Gasteiger partial charge in [0.1, 0.15) is 0 Å². The fourth-order valence-electron chi connectivity index (χ4n) is 3.12. The minimum Gasteiger partial charge on any atom is -0.265 e. The van der Waals surface area contributed by atoms with Gasteiger partial charge in [-0.05, 0) is 44.0 Å². The van der Waals surface area contributed by atoms with Crippen LogP contribution in [0.2, 0.25) is 0 Å². The van der Waals surface area contributed by atoms with Gasteiger partial charge in [-0.25, -0.2) is 9.50 Å². The molecule has 0 spiro atoms. The van der Waals surface area contributed by atoms with Crippen LogP contribution in [0.15, 0.2) is 48.8 Å². The number of aromatic nitrogens is 5. The van der Waals surface area contributed by atoms with Crippen LogP contribution in [0.1, 0.15) is 22.6 Å². The van der Waals surface area contributed by atoms with Crippen molar-refractivity contribution in [2.45, 2.75) is 27.3 Å². The lowest BCUT2D eigenvalue weighted by atomic mass is 10.0. The minimum atomic E-state index is 0.784. The maximum absolute atomic E-state index is 4.53. The molecule has 0 aliphatic rings. The molecule has 4 aromatic rings. The van der Waals surface area contributed by atoms with E-state index in [-0.39, 0.29) is 0 Å². The van der Waals surface area contributed by atoms with Gasteiger partial charge >= 0.3 is 0 Å². The summed E-state index contributed by atoms with van der Waals surface area (Å²) >= 11 is 0. The van der Waals surface area contributed by atoms with Crippen LogP contribution in [-0.2, 0) is 6.54 Å². The molecule has 0 atom stereocenters. The maximum Gasteiger partial charge on any atom is 0.163 e. The Morgan fingerprint density at radius 3 is 2.50 bits per heavy atom. The van der Waals surface area contributed by atoms with Crippen LogP contribution in [0.4, 0.5) is 0 Å². The van der Waals surface area contributed by atoms with Crippen molar-refractivity contribution < 1.29 is 0 Å². The molecule has 0 saturated heterocycles. The van der Waals surface area contributed by atoms with Crippen LogP contribution in [0.25, 0.3) is 16.8 Å². The van der Waals surface area contributed by atoms with Gasteiger partial charge in [0.15, 0.2) is 5.65 Å². The van der Waals surface area contributed by atoms with Gasteiger partial charge in [-0.1, -0.05) is 24.3 Å². The minimum absolute atomic E-state index is 0.784. The lowest BCUT2D eigenvalue weighted by molar-refractivity contribution is 0.659. The van der Waals surface area contributed by atoms with Crippen LogP contribution in [-0.4, -0.2) is 24.4 Å². The molecule has 0 N–H and O–H groups in total. The third-order valence-electron chi connectivity index (χ3n) is 4.25. The van der Waals surface area contributed by atoms with Crippen molar-refractivity contribution in [3.8, 4) is 11.1 Å². The summed E-state index contributed by atoms with van der Waals surface area (Å²) in [7, 11) is 0. The predicted molar refractivity (Wildman–Crippen MR) is 94.0 cm³/mol. The van der Waals surface area contributed by atoms with Crippen molar-refractivity contribution in [1.82, 2.24) is 24.4 Å². The second-order valence-corrected chi connectivity index (χ2v) is 6.13. The zero-order valence-electron chi connectivity index (χ0n) is 14.1. The van der Waals surface area contributed by atoms with Crippen molar-refractivity contribution in [2.24, 2.45) is 0 Å². The number of hydrogen-bond acceptors (Lipinski definition) is 3. The summed E-state index contributed by atoms with van der Waals surface area (Å²) < 4.78 is 3.86. The van der Waals surface area contributed by atoms with E-state index < -0.39 is 0 Å². The first kappa shape index (κ1) is 14.6. The SMILES string of the molecule is Cc1cc(C)n(Cc2ccc(-c3c(C)nn4cccnc34)cc2)n1. The summed E-state index contributed by atoms with van der Waals surface area (Å²) in [6.07, 6.45) is 3.73. The van der Waals surface area contributed by atoms with Gasteiger partial charge in [0.25, 0.3) is 0 Å². The Balaban J connectivity index is 1.68. The Morgan fingerprint density at radius 2 is 1.79 bits per heavy atom. The van der Waals surface area contributed by atoms with Crippen molar-refractivity contribution >= 4 is 5.65 Å². The summed E-state index contributed by atoms with van der Waals surface area (Å²) in [6, 6.07) is 12.6. The second-order valence-electron chi connectivity index (χ2n) is 6.13. The van der Waals surface area contributed by atoms with E-state index in [9.17, 15) is 0 Å². The van der Waals surface area contributed by atoms with Crippen LogP contribution in [0.5, 0.6) is 0 Å². The van der Waals surface area contributed by atoms with Crippen molar-refractivity contribution in [3.63, 3.8) is 0 Å². The molecule has 120 valence electrons. The first-order valence-corrected chi connectivity index (χ1v) is 8.02. The van der Waals surface area contributed by atoms with E-state index in [1.807, 2.05) is 35.3 Å². The van der Waals surface area contributed by atoms with E-state index in [2.05, 4.69) is 52.4 Å². The van der Waals surface area contributed by atoms with Crippen LogP contribution in [0, 0.1) is 20.8 Å². The molecule has 0 aliphatic heterocycles. The normalized spacial score (nSPS) is 11.3. The van der Waals surface area contributed by atoms with Gasteiger partial charge in [0.05, 0.1) is 17.9 Å². The number of fused-ring (bicyclic) bond motifs is 1. The predicted octanol–water partition coefficient (Wildman–Crippen LogP) is 3.57. The average Bonchev–Trinajstić information content (AvgIpc) is 3.06. The van der Waals surface area contributed by atoms with Crippen LogP contribution >= 0.6 is 0 Å². The monoisotopic (exact) mass is 317 g/mol. The molecule has 0 aliphatic carbocycles. The van der Waals surface area contributed by atoms with Gasteiger partial charge in [-0.2, -0.15) is 10.2 Å². The quantitative estimate of drug-likeness (QED) is 0.580. The molecule has 0 fully saturated rings. The van der Waals surface area contributed by atoms with Crippen LogP contribution in [0.3, 0.4) is 0 Å². The summed E-state index contributed by atoms with van der Waals surface area (Å²) in [5, 5.41) is 9.06. The van der Waals surface area contributed by atoms with Gasteiger partial charge in [0.2, 0.25) is 0 Å². The first-order valence-electron chi connectivity index (χ1n) is 8.02. The molecule has 0 amide bonds. The molecule has 0 radical (unpaired) electrons. The molecule has 5 nitrogen and oxygen atoms in total. The molecule has 5 heteroatoms. The molecular formula is C19H19N5. The Labute approximate surface area is 140 Å². The molecule has 0 bridgehead atoms. The average molecular weight is 317 g/mol. The molecule has 4 rings (SSSR count). The maximum atomic E-state index is 4.53. The highest BCUT2D eigenvalue weighted by atomic mass is 15.3. The van der Waals surface area contributed by atoms with Crippen LogP contribution < -0.4 is 0 Å². The highest BCUT2D eigenvalue weighted by Crippen LogP contribution is 2.27. The number of hydrogen-bond donors (Lipinski definition) is 0. The van der Waals surface area contributed by atoms with Crippen molar-refractivity contribution in [3.05, 3.63) is 71.4 Å². The fraction of sp³-hybridized carbons (Fsp3) is 0.211. The Morgan fingerprint density at radius 1 is 1.00 bits per heavy atom. The fourth-order valence-corrected chi connectivity index (χ4v) is 3.12. The molecule has 3 aromatic heterocycles. The lowest BCUT2D eigenvalue weighted by Crippen LogP contribution is -2.03. The van der Waals surface area contributed by atoms with Gasteiger partial charge in [-0.3, -0.25) is 4.68 Å². The summed E-state index contributed by atoms with van der Waals surface area (Å²) in [4.78, 5) is 4.47. The molecule has 0 saturated carbocycles. The smallest absolute Gasteiger partial charge is 0.163 e. The van der Waals surface area contributed by atoms with Gasteiger partial charge in [-0.15, -0.1) is 0 Å².